The molecule has 0 saturated heterocycles. The fourth-order valence-corrected chi connectivity index (χ4v) is 2.98. The Hall–Kier alpha value is -2.28. The molecule has 0 radical (unpaired) electrons. The van der Waals surface area contributed by atoms with Crippen LogP contribution in [-0.2, 0) is 4.79 Å². The van der Waals surface area contributed by atoms with Crippen LogP contribution in [0.25, 0.3) is 0 Å². The van der Waals surface area contributed by atoms with Crippen LogP contribution in [0, 0.1) is 6.92 Å². The van der Waals surface area contributed by atoms with Crippen LogP contribution in [-0.4, -0.2) is 28.2 Å². The number of aromatic amines is 1. The molecule has 0 saturated carbocycles. The first-order valence-corrected chi connectivity index (χ1v) is 8.10. The Bertz CT molecular complexity index is 745. The van der Waals surface area contributed by atoms with Gasteiger partial charge in [-0.1, -0.05) is 30.8 Å². The summed E-state index contributed by atoms with van der Waals surface area (Å²) in [4.78, 5) is 30.9. The van der Waals surface area contributed by atoms with Crippen molar-refractivity contribution in [3.8, 4) is 5.75 Å². The van der Waals surface area contributed by atoms with E-state index in [1.54, 1.807) is 26.2 Å². The summed E-state index contributed by atoms with van der Waals surface area (Å²) in [5.74, 6) is 0.439. The average molecular weight is 333 g/mol. The van der Waals surface area contributed by atoms with Crippen LogP contribution < -0.4 is 15.6 Å². The van der Waals surface area contributed by atoms with E-state index in [0.29, 0.717) is 28.7 Å². The van der Waals surface area contributed by atoms with Crippen molar-refractivity contribution in [2.45, 2.75) is 30.7 Å². The fourth-order valence-electron chi connectivity index (χ4n) is 2.03. The van der Waals surface area contributed by atoms with Gasteiger partial charge in [-0.25, -0.2) is 4.98 Å². The van der Waals surface area contributed by atoms with Crippen LogP contribution in [0.15, 0.2) is 40.3 Å². The quantitative estimate of drug-likeness (QED) is 0.627. The van der Waals surface area contributed by atoms with Crippen LogP contribution in [0.4, 0.5) is 5.69 Å². The van der Waals surface area contributed by atoms with Gasteiger partial charge in [0.2, 0.25) is 5.91 Å². The molecule has 0 spiro atoms. The van der Waals surface area contributed by atoms with E-state index in [-0.39, 0.29) is 16.7 Å². The standard InChI is InChI=1S/C16H19N3O3S/c1-4-13(23-16-17-10(2)9-14(20)19-16)15(21)18-11-7-5-6-8-12(11)22-3/h5-9,13H,4H2,1-3H3,(H,18,21)(H,17,19,20)/t13-/m1/s1. The molecule has 0 aliphatic rings. The van der Waals surface area contributed by atoms with Crippen molar-refractivity contribution in [1.29, 1.82) is 0 Å². The average Bonchev–Trinajstić information content (AvgIpc) is 2.52. The molecule has 0 fully saturated rings. The molecule has 1 heterocycles. The minimum Gasteiger partial charge on any atom is -0.495 e. The molecule has 1 amide bonds. The molecular formula is C16H19N3O3S. The second kappa shape index (κ2) is 7.82. The highest BCUT2D eigenvalue weighted by Gasteiger charge is 2.20. The number of carbonyl (C=O) groups excluding carboxylic acids is 1. The van der Waals surface area contributed by atoms with Crippen LogP contribution in [0.3, 0.4) is 0 Å². The molecule has 7 heteroatoms. The summed E-state index contributed by atoms with van der Waals surface area (Å²) in [6, 6.07) is 8.64. The molecule has 6 nitrogen and oxygen atoms in total. The lowest BCUT2D eigenvalue weighted by molar-refractivity contribution is -0.115. The molecular weight excluding hydrogens is 314 g/mol. The Kier molecular flexibility index (Phi) is 5.81. The third-order valence-corrected chi connectivity index (χ3v) is 4.38. The second-order valence-electron chi connectivity index (χ2n) is 4.90. The van der Waals surface area contributed by atoms with Crippen molar-refractivity contribution in [3.63, 3.8) is 0 Å². The van der Waals surface area contributed by atoms with E-state index in [0.717, 1.165) is 0 Å². The predicted molar refractivity (Wildman–Crippen MR) is 91.2 cm³/mol. The van der Waals surface area contributed by atoms with Crippen molar-refractivity contribution < 1.29 is 9.53 Å². The third-order valence-electron chi connectivity index (χ3n) is 3.13. The highest BCUT2D eigenvalue weighted by Crippen LogP contribution is 2.26. The number of anilines is 1. The first-order valence-electron chi connectivity index (χ1n) is 7.22. The summed E-state index contributed by atoms with van der Waals surface area (Å²) in [6.45, 7) is 3.66. The lowest BCUT2D eigenvalue weighted by Gasteiger charge is -2.15. The molecule has 2 N–H and O–H groups in total. The summed E-state index contributed by atoms with van der Waals surface area (Å²) in [7, 11) is 1.55. The molecule has 1 aromatic carbocycles. The number of aryl methyl sites for hydroxylation is 1. The minimum absolute atomic E-state index is 0.161. The molecule has 0 bridgehead atoms. The Morgan fingerprint density at radius 3 is 2.83 bits per heavy atom. The lowest BCUT2D eigenvalue weighted by Crippen LogP contribution is -2.25. The number of hydrogen-bond donors (Lipinski definition) is 2. The molecule has 0 aliphatic heterocycles. The van der Waals surface area contributed by atoms with E-state index < -0.39 is 0 Å². The van der Waals surface area contributed by atoms with Crippen molar-refractivity contribution in [3.05, 3.63) is 46.4 Å². The van der Waals surface area contributed by atoms with E-state index in [2.05, 4.69) is 15.3 Å². The van der Waals surface area contributed by atoms with Gasteiger partial charge in [0.15, 0.2) is 5.16 Å². The zero-order valence-corrected chi connectivity index (χ0v) is 14.1. The van der Waals surface area contributed by atoms with Crippen LogP contribution >= 0.6 is 11.8 Å². The number of methoxy groups -OCH3 is 1. The highest BCUT2D eigenvalue weighted by atomic mass is 32.2. The van der Waals surface area contributed by atoms with Gasteiger partial charge in [-0.05, 0) is 25.5 Å². The number of H-pyrrole nitrogens is 1. The summed E-state index contributed by atoms with van der Waals surface area (Å²) in [5.41, 5.74) is 1.01. The van der Waals surface area contributed by atoms with Gasteiger partial charge in [-0.3, -0.25) is 9.59 Å². The Balaban J connectivity index is 2.13. The summed E-state index contributed by atoms with van der Waals surface area (Å²) < 4.78 is 5.23. The zero-order valence-electron chi connectivity index (χ0n) is 13.3. The SMILES string of the molecule is CC[C@@H](Sc1nc(C)cc(=O)[nH]1)C(=O)Nc1ccccc1OC. The van der Waals surface area contributed by atoms with Gasteiger partial charge in [0.1, 0.15) is 5.75 Å². The summed E-state index contributed by atoms with van der Waals surface area (Å²) >= 11 is 1.24. The maximum Gasteiger partial charge on any atom is 0.251 e. The molecule has 23 heavy (non-hydrogen) atoms. The molecule has 2 aromatic rings. The second-order valence-corrected chi connectivity index (χ2v) is 6.09. The molecule has 1 aromatic heterocycles. The molecule has 0 aliphatic carbocycles. The molecule has 1 atom stereocenters. The first kappa shape index (κ1) is 17.1. The van der Waals surface area contributed by atoms with E-state index in [1.807, 2.05) is 19.1 Å². The number of nitrogens with zero attached hydrogens (tertiary/aromatic N) is 1. The summed E-state index contributed by atoms with van der Waals surface area (Å²) in [5, 5.41) is 2.93. The number of rotatable bonds is 6. The van der Waals surface area contributed by atoms with Gasteiger partial charge < -0.3 is 15.0 Å². The Morgan fingerprint density at radius 2 is 2.17 bits per heavy atom. The van der Waals surface area contributed by atoms with Gasteiger partial charge in [-0.2, -0.15) is 0 Å². The number of hydrogen-bond acceptors (Lipinski definition) is 5. The van der Waals surface area contributed by atoms with Crippen molar-refractivity contribution >= 4 is 23.4 Å². The maximum atomic E-state index is 12.5. The van der Waals surface area contributed by atoms with Gasteiger partial charge in [-0.15, -0.1) is 0 Å². The smallest absolute Gasteiger partial charge is 0.251 e. The number of amides is 1. The fraction of sp³-hybridized carbons (Fsp3) is 0.312. The van der Waals surface area contributed by atoms with Gasteiger partial charge in [0, 0.05) is 11.8 Å². The van der Waals surface area contributed by atoms with Crippen LogP contribution in [0.5, 0.6) is 5.75 Å². The van der Waals surface area contributed by atoms with Gasteiger partial charge >= 0.3 is 0 Å². The number of aromatic nitrogens is 2. The number of carbonyl (C=O) groups is 1. The zero-order chi connectivity index (χ0) is 16.8. The third kappa shape index (κ3) is 4.59. The van der Waals surface area contributed by atoms with E-state index >= 15 is 0 Å². The summed E-state index contributed by atoms with van der Waals surface area (Å²) in [6.07, 6.45) is 0.600. The van der Waals surface area contributed by atoms with Crippen LogP contribution in [0.2, 0.25) is 0 Å². The van der Waals surface area contributed by atoms with Gasteiger partial charge in [0.25, 0.3) is 5.56 Å². The number of ether oxygens (including phenoxy) is 1. The van der Waals surface area contributed by atoms with E-state index in [1.165, 1.54) is 17.8 Å². The normalized spacial score (nSPS) is 11.8. The largest absolute Gasteiger partial charge is 0.495 e. The van der Waals surface area contributed by atoms with Gasteiger partial charge in [0.05, 0.1) is 18.0 Å². The van der Waals surface area contributed by atoms with Crippen molar-refractivity contribution in [2.75, 3.05) is 12.4 Å². The maximum absolute atomic E-state index is 12.5. The minimum atomic E-state index is -0.370. The molecule has 0 unspecified atom stereocenters. The van der Waals surface area contributed by atoms with Crippen molar-refractivity contribution in [1.82, 2.24) is 9.97 Å². The van der Waals surface area contributed by atoms with E-state index in [9.17, 15) is 9.59 Å². The first-order chi connectivity index (χ1) is 11.0. The Labute approximate surface area is 138 Å². The molecule has 122 valence electrons. The number of thioether (sulfide) groups is 1. The van der Waals surface area contributed by atoms with E-state index in [4.69, 9.17) is 4.74 Å². The highest BCUT2D eigenvalue weighted by molar-refractivity contribution is 8.00. The molecule has 2 rings (SSSR count). The predicted octanol–water partition coefficient (Wildman–Crippen LogP) is 2.60. The van der Waals surface area contributed by atoms with Crippen molar-refractivity contribution in [2.24, 2.45) is 0 Å². The van der Waals surface area contributed by atoms with Crippen LogP contribution in [0.1, 0.15) is 19.0 Å². The lowest BCUT2D eigenvalue weighted by atomic mass is 10.2. The topological polar surface area (TPSA) is 84.1 Å². The number of nitrogens with one attached hydrogen (secondary N) is 2. The number of para-hydroxylation sites is 2. The number of benzene rings is 1. The monoisotopic (exact) mass is 333 g/mol. The Morgan fingerprint density at radius 1 is 1.43 bits per heavy atom.